The van der Waals surface area contributed by atoms with Crippen LogP contribution in [0.25, 0.3) is 0 Å². The molecule has 1 aliphatic rings. The molecule has 2 heterocycles. The lowest BCUT2D eigenvalue weighted by molar-refractivity contribution is 0.334. The van der Waals surface area contributed by atoms with Gasteiger partial charge in [-0.05, 0) is 58.6 Å². The van der Waals surface area contributed by atoms with Crippen LogP contribution in [0.2, 0.25) is 0 Å². The van der Waals surface area contributed by atoms with E-state index in [-0.39, 0.29) is 5.54 Å². The zero-order valence-corrected chi connectivity index (χ0v) is 15.3. The fourth-order valence-electron chi connectivity index (χ4n) is 3.63. The van der Waals surface area contributed by atoms with E-state index < -0.39 is 0 Å². The first-order chi connectivity index (χ1) is 11.3. The highest BCUT2D eigenvalue weighted by Gasteiger charge is 2.28. The summed E-state index contributed by atoms with van der Waals surface area (Å²) < 4.78 is 4.14. The highest BCUT2D eigenvalue weighted by Crippen LogP contribution is 2.32. The number of fused-ring (bicyclic) bond motifs is 1. The molecular formula is C19H27N5. The number of nitriles is 1. The van der Waals surface area contributed by atoms with E-state index in [4.69, 9.17) is 0 Å². The topological polar surface area (TPSA) is 58.6 Å². The van der Waals surface area contributed by atoms with Gasteiger partial charge in [0, 0.05) is 36.6 Å². The summed E-state index contributed by atoms with van der Waals surface area (Å²) in [5, 5.41) is 17.5. The van der Waals surface area contributed by atoms with Crippen molar-refractivity contribution >= 4 is 0 Å². The molecule has 3 rings (SSSR count). The molecule has 0 aromatic carbocycles. The number of nitrogens with zero attached hydrogens (tertiary/aromatic N) is 4. The van der Waals surface area contributed by atoms with Crippen molar-refractivity contribution in [1.82, 2.24) is 19.7 Å². The van der Waals surface area contributed by atoms with Crippen LogP contribution in [0.1, 0.15) is 67.9 Å². The van der Waals surface area contributed by atoms with Crippen LogP contribution in [-0.4, -0.2) is 14.3 Å². The summed E-state index contributed by atoms with van der Waals surface area (Å²) in [4.78, 5) is 0. The molecule has 0 aliphatic heterocycles. The molecule has 0 radical (unpaired) electrons. The van der Waals surface area contributed by atoms with Crippen molar-refractivity contribution in [3.8, 4) is 6.07 Å². The molecule has 2 aromatic heterocycles. The molecule has 1 aliphatic carbocycles. The Morgan fingerprint density at radius 3 is 2.79 bits per heavy atom. The van der Waals surface area contributed by atoms with Gasteiger partial charge in [-0.2, -0.15) is 10.4 Å². The van der Waals surface area contributed by atoms with Crippen molar-refractivity contribution in [2.24, 2.45) is 7.05 Å². The number of nitrogens with one attached hydrogen (secondary N) is 1. The summed E-state index contributed by atoms with van der Waals surface area (Å²) in [6, 6.07) is 4.59. The Labute approximate surface area is 144 Å². The summed E-state index contributed by atoms with van der Waals surface area (Å²) in [5.74, 6) is 0. The van der Waals surface area contributed by atoms with E-state index in [2.05, 4.69) is 48.9 Å². The first kappa shape index (κ1) is 16.8. The van der Waals surface area contributed by atoms with Crippen LogP contribution in [0, 0.1) is 18.3 Å². The Morgan fingerprint density at radius 1 is 1.42 bits per heavy atom. The maximum absolute atomic E-state index is 9.18. The largest absolute Gasteiger partial charge is 0.340 e. The Balaban J connectivity index is 1.79. The molecule has 1 atom stereocenters. The van der Waals surface area contributed by atoms with Crippen LogP contribution in [-0.2, 0) is 25.6 Å². The average molecular weight is 325 g/mol. The van der Waals surface area contributed by atoms with E-state index in [1.54, 1.807) is 0 Å². The highest BCUT2D eigenvalue weighted by atomic mass is 15.3. The number of rotatable bonds is 3. The summed E-state index contributed by atoms with van der Waals surface area (Å²) in [7, 11) is 1.95. The van der Waals surface area contributed by atoms with Gasteiger partial charge in [0.15, 0.2) is 0 Å². The quantitative estimate of drug-likeness (QED) is 0.942. The lowest BCUT2D eigenvalue weighted by Crippen LogP contribution is -2.29. The fraction of sp³-hybridized carbons (Fsp3) is 0.579. The third-order valence-electron chi connectivity index (χ3n) is 5.11. The van der Waals surface area contributed by atoms with Crippen molar-refractivity contribution in [1.29, 1.82) is 5.26 Å². The van der Waals surface area contributed by atoms with Gasteiger partial charge < -0.3 is 9.88 Å². The molecule has 0 spiro atoms. The minimum absolute atomic E-state index is 0.0210. The Kier molecular flexibility index (Phi) is 4.27. The van der Waals surface area contributed by atoms with Crippen LogP contribution in [0.15, 0.2) is 12.3 Å². The SMILES string of the molecule is Cc1c(CNC2CCCc3c2cnn3C(C)(C)C)cc(C#N)n1C. The van der Waals surface area contributed by atoms with E-state index in [1.807, 2.05) is 23.9 Å². The number of hydrogen-bond donors (Lipinski definition) is 1. The predicted octanol–water partition coefficient (Wildman–Crippen LogP) is 3.32. The second-order valence-corrected chi connectivity index (χ2v) is 7.77. The van der Waals surface area contributed by atoms with Crippen molar-refractivity contribution in [2.45, 2.75) is 65.1 Å². The smallest absolute Gasteiger partial charge is 0.120 e. The summed E-state index contributed by atoms with van der Waals surface area (Å²) in [5.41, 5.74) is 5.80. The first-order valence-electron chi connectivity index (χ1n) is 8.69. The van der Waals surface area contributed by atoms with Crippen LogP contribution in [0.3, 0.4) is 0 Å². The Bertz CT molecular complexity index is 782. The molecule has 5 nitrogen and oxygen atoms in total. The van der Waals surface area contributed by atoms with E-state index in [9.17, 15) is 5.26 Å². The molecular weight excluding hydrogens is 298 g/mol. The minimum atomic E-state index is 0.0210. The second kappa shape index (κ2) is 6.10. The van der Waals surface area contributed by atoms with Crippen LogP contribution < -0.4 is 5.32 Å². The molecule has 0 fully saturated rings. The van der Waals surface area contributed by atoms with Gasteiger partial charge in [-0.3, -0.25) is 4.68 Å². The maximum Gasteiger partial charge on any atom is 0.120 e. The van der Waals surface area contributed by atoms with Crippen molar-refractivity contribution in [3.63, 3.8) is 0 Å². The van der Waals surface area contributed by atoms with Crippen LogP contribution >= 0.6 is 0 Å². The summed E-state index contributed by atoms with van der Waals surface area (Å²) in [6.45, 7) is 9.46. The third kappa shape index (κ3) is 2.87. The van der Waals surface area contributed by atoms with E-state index in [0.29, 0.717) is 11.7 Å². The second-order valence-electron chi connectivity index (χ2n) is 7.77. The summed E-state index contributed by atoms with van der Waals surface area (Å²) in [6.07, 6.45) is 5.47. The van der Waals surface area contributed by atoms with Crippen LogP contribution in [0.5, 0.6) is 0 Å². The lowest BCUT2D eigenvalue weighted by atomic mass is 9.92. The lowest BCUT2D eigenvalue weighted by Gasteiger charge is -2.28. The Morgan fingerprint density at radius 2 is 2.17 bits per heavy atom. The van der Waals surface area contributed by atoms with E-state index in [1.165, 1.54) is 23.2 Å². The Hall–Kier alpha value is -2.06. The van der Waals surface area contributed by atoms with Crippen molar-refractivity contribution in [3.05, 3.63) is 40.5 Å². The third-order valence-corrected chi connectivity index (χ3v) is 5.11. The standard InChI is InChI=1S/C19H27N5/c1-13-14(9-15(10-20)23(13)5)11-21-17-7-6-8-18-16(17)12-22-24(18)19(2,3)4/h9,12,17,21H,6-8,11H2,1-5H3. The van der Waals surface area contributed by atoms with Crippen LogP contribution in [0.4, 0.5) is 0 Å². The molecule has 2 aromatic rings. The average Bonchev–Trinajstić information content (AvgIpc) is 3.08. The molecule has 24 heavy (non-hydrogen) atoms. The predicted molar refractivity (Wildman–Crippen MR) is 94.6 cm³/mol. The monoisotopic (exact) mass is 325 g/mol. The molecule has 1 unspecified atom stereocenters. The molecule has 0 saturated carbocycles. The van der Waals surface area contributed by atoms with Crippen molar-refractivity contribution in [2.75, 3.05) is 0 Å². The number of aromatic nitrogens is 3. The van der Waals surface area contributed by atoms with Crippen molar-refractivity contribution < 1.29 is 0 Å². The molecule has 0 amide bonds. The zero-order chi connectivity index (χ0) is 17.5. The fourth-order valence-corrected chi connectivity index (χ4v) is 3.63. The van der Waals surface area contributed by atoms with Gasteiger partial charge in [-0.25, -0.2) is 0 Å². The molecule has 1 N–H and O–H groups in total. The van der Waals surface area contributed by atoms with E-state index in [0.717, 1.165) is 25.1 Å². The van der Waals surface area contributed by atoms with Gasteiger partial charge in [0.1, 0.15) is 11.8 Å². The number of hydrogen-bond acceptors (Lipinski definition) is 3. The minimum Gasteiger partial charge on any atom is -0.340 e. The molecule has 0 bridgehead atoms. The molecule has 128 valence electrons. The summed E-state index contributed by atoms with van der Waals surface area (Å²) >= 11 is 0. The maximum atomic E-state index is 9.18. The zero-order valence-electron chi connectivity index (χ0n) is 15.3. The van der Waals surface area contributed by atoms with Gasteiger partial charge in [0.05, 0.1) is 11.7 Å². The molecule has 0 saturated heterocycles. The highest BCUT2D eigenvalue weighted by molar-refractivity contribution is 5.34. The van der Waals surface area contributed by atoms with Gasteiger partial charge in [-0.1, -0.05) is 0 Å². The van der Waals surface area contributed by atoms with Gasteiger partial charge >= 0.3 is 0 Å². The normalized spacial score (nSPS) is 17.6. The van der Waals surface area contributed by atoms with Gasteiger partial charge in [0.25, 0.3) is 0 Å². The van der Waals surface area contributed by atoms with Gasteiger partial charge in [0.2, 0.25) is 0 Å². The van der Waals surface area contributed by atoms with Gasteiger partial charge in [-0.15, -0.1) is 0 Å². The first-order valence-corrected chi connectivity index (χ1v) is 8.69. The van der Waals surface area contributed by atoms with E-state index >= 15 is 0 Å². The molecule has 5 heteroatoms.